The molecule has 1 aliphatic rings. The van der Waals surface area contributed by atoms with Crippen molar-refractivity contribution in [3.05, 3.63) is 0 Å². The predicted octanol–water partition coefficient (Wildman–Crippen LogP) is 3.03. The molecule has 1 N–H and O–H groups in total. The van der Waals surface area contributed by atoms with Gasteiger partial charge in [-0.2, -0.15) is 0 Å². The van der Waals surface area contributed by atoms with Crippen LogP contribution in [0.5, 0.6) is 0 Å². The maximum absolute atomic E-state index is 3.72. The first-order valence-corrected chi connectivity index (χ1v) is 7.01. The Kier molecular flexibility index (Phi) is 5.77. The summed E-state index contributed by atoms with van der Waals surface area (Å²) >= 11 is 0. The zero-order valence-electron chi connectivity index (χ0n) is 11.7. The molecule has 1 saturated heterocycles. The van der Waals surface area contributed by atoms with E-state index < -0.39 is 0 Å². The van der Waals surface area contributed by atoms with Crippen LogP contribution in [0.3, 0.4) is 0 Å². The molecular formula is C14H30N2. The van der Waals surface area contributed by atoms with E-state index in [2.05, 4.69) is 37.9 Å². The fourth-order valence-corrected chi connectivity index (χ4v) is 2.50. The average molecular weight is 226 g/mol. The molecule has 1 fully saturated rings. The van der Waals surface area contributed by atoms with Crippen molar-refractivity contribution in [2.24, 2.45) is 0 Å². The van der Waals surface area contributed by atoms with Crippen molar-refractivity contribution in [1.29, 1.82) is 0 Å². The number of likely N-dealkylation sites (tertiary alicyclic amines) is 1. The third-order valence-corrected chi connectivity index (χ3v) is 3.30. The van der Waals surface area contributed by atoms with Crippen LogP contribution in [0.1, 0.15) is 59.8 Å². The van der Waals surface area contributed by atoms with Crippen molar-refractivity contribution < 1.29 is 0 Å². The molecule has 1 rings (SSSR count). The van der Waals surface area contributed by atoms with Crippen molar-refractivity contribution in [2.75, 3.05) is 19.6 Å². The molecule has 1 aliphatic heterocycles. The van der Waals surface area contributed by atoms with E-state index in [-0.39, 0.29) is 5.54 Å². The molecule has 0 aromatic rings. The zero-order valence-corrected chi connectivity index (χ0v) is 11.7. The Bertz CT molecular complexity index is 176. The lowest BCUT2D eigenvalue weighted by molar-refractivity contribution is 0.179. The molecular weight excluding hydrogens is 196 g/mol. The summed E-state index contributed by atoms with van der Waals surface area (Å²) in [6, 6.07) is 0.738. The molecule has 0 atom stereocenters. The molecule has 0 spiro atoms. The normalized spacial score (nSPS) is 20.2. The second-order valence-corrected chi connectivity index (χ2v) is 6.22. The number of unbranched alkanes of at least 4 members (excludes halogenated alkanes) is 2. The Morgan fingerprint density at radius 3 is 2.25 bits per heavy atom. The van der Waals surface area contributed by atoms with Gasteiger partial charge >= 0.3 is 0 Å². The Hall–Kier alpha value is -0.0800. The van der Waals surface area contributed by atoms with Crippen LogP contribution in [0.4, 0.5) is 0 Å². The minimum absolute atomic E-state index is 0.273. The average Bonchev–Trinajstić information content (AvgIpc) is 2.19. The van der Waals surface area contributed by atoms with Crippen molar-refractivity contribution in [3.63, 3.8) is 0 Å². The van der Waals surface area contributed by atoms with Crippen molar-refractivity contribution in [3.8, 4) is 0 Å². The third kappa shape index (κ3) is 5.86. The number of rotatable bonds is 5. The van der Waals surface area contributed by atoms with Gasteiger partial charge in [0.25, 0.3) is 0 Å². The van der Waals surface area contributed by atoms with E-state index in [9.17, 15) is 0 Å². The van der Waals surface area contributed by atoms with Gasteiger partial charge in [0.05, 0.1) is 0 Å². The van der Waals surface area contributed by atoms with Crippen LogP contribution in [0.25, 0.3) is 0 Å². The van der Waals surface area contributed by atoms with Gasteiger partial charge in [0.1, 0.15) is 0 Å². The van der Waals surface area contributed by atoms with Crippen LogP contribution in [0, 0.1) is 0 Å². The van der Waals surface area contributed by atoms with E-state index in [0.29, 0.717) is 0 Å². The molecule has 0 aromatic heterocycles. The van der Waals surface area contributed by atoms with E-state index in [1.165, 1.54) is 51.7 Å². The van der Waals surface area contributed by atoms with Crippen molar-refractivity contribution in [2.45, 2.75) is 71.4 Å². The van der Waals surface area contributed by atoms with Crippen LogP contribution < -0.4 is 5.32 Å². The molecule has 1 heterocycles. The van der Waals surface area contributed by atoms with E-state index in [0.717, 1.165) is 6.04 Å². The van der Waals surface area contributed by atoms with Crippen LogP contribution in [0.15, 0.2) is 0 Å². The number of nitrogens with one attached hydrogen (secondary N) is 1. The lowest BCUT2D eigenvalue weighted by atomic mass is 10.00. The van der Waals surface area contributed by atoms with E-state index >= 15 is 0 Å². The molecule has 2 heteroatoms. The molecule has 0 aromatic carbocycles. The summed E-state index contributed by atoms with van der Waals surface area (Å²) < 4.78 is 0. The van der Waals surface area contributed by atoms with Gasteiger partial charge in [0, 0.05) is 11.6 Å². The van der Waals surface area contributed by atoms with Crippen LogP contribution in [0.2, 0.25) is 0 Å². The zero-order chi connectivity index (χ0) is 12.0. The summed E-state index contributed by atoms with van der Waals surface area (Å²) in [7, 11) is 0. The lowest BCUT2D eigenvalue weighted by Gasteiger charge is -2.36. The molecule has 0 radical (unpaired) electrons. The van der Waals surface area contributed by atoms with Gasteiger partial charge in [-0.3, -0.25) is 0 Å². The Morgan fingerprint density at radius 2 is 1.75 bits per heavy atom. The number of hydrogen-bond donors (Lipinski definition) is 1. The Labute approximate surface area is 102 Å². The first-order valence-electron chi connectivity index (χ1n) is 7.01. The van der Waals surface area contributed by atoms with Gasteiger partial charge in [-0.1, -0.05) is 19.8 Å². The maximum atomic E-state index is 3.72. The number of hydrogen-bond acceptors (Lipinski definition) is 2. The molecule has 96 valence electrons. The molecule has 16 heavy (non-hydrogen) atoms. The highest BCUT2D eigenvalue weighted by Gasteiger charge is 2.22. The molecule has 0 unspecified atom stereocenters. The van der Waals surface area contributed by atoms with Gasteiger partial charge in [0.15, 0.2) is 0 Å². The smallest absolute Gasteiger partial charge is 0.00991 e. The van der Waals surface area contributed by atoms with Crippen molar-refractivity contribution in [1.82, 2.24) is 10.2 Å². The summed E-state index contributed by atoms with van der Waals surface area (Å²) in [5.41, 5.74) is 0.273. The fourth-order valence-electron chi connectivity index (χ4n) is 2.50. The summed E-state index contributed by atoms with van der Waals surface area (Å²) in [5.74, 6) is 0. The highest BCUT2D eigenvalue weighted by molar-refractivity contribution is 4.82. The SMILES string of the molecule is CCCCCN1CCC(NC(C)(C)C)CC1. The van der Waals surface area contributed by atoms with Gasteiger partial charge in [-0.05, 0) is 59.7 Å². The minimum Gasteiger partial charge on any atom is -0.309 e. The van der Waals surface area contributed by atoms with Crippen LogP contribution >= 0.6 is 0 Å². The monoisotopic (exact) mass is 226 g/mol. The standard InChI is InChI=1S/C14H30N2/c1-5-6-7-10-16-11-8-13(9-12-16)15-14(2,3)4/h13,15H,5-12H2,1-4H3. The second kappa shape index (κ2) is 6.61. The van der Waals surface area contributed by atoms with E-state index in [1.54, 1.807) is 0 Å². The molecule has 0 bridgehead atoms. The molecule has 0 saturated carbocycles. The van der Waals surface area contributed by atoms with Crippen LogP contribution in [-0.2, 0) is 0 Å². The van der Waals surface area contributed by atoms with Crippen molar-refractivity contribution >= 4 is 0 Å². The molecule has 2 nitrogen and oxygen atoms in total. The molecule has 0 amide bonds. The lowest BCUT2D eigenvalue weighted by Crippen LogP contribution is -2.49. The molecule has 0 aliphatic carbocycles. The minimum atomic E-state index is 0.273. The first-order chi connectivity index (χ1) is 7.51. The summed E-state index contributed by atoms with van der Waals surface area (Å²) in [6.45, 7) is 13.0. The fraction of sp³-hybridized carbons (Fsp3) is 1.00. The van der Waals surface area contributed by atoms with Crippen LogP contribution in [-0.4, -0.2) is 36.1 Å². The number of piperidine rings is 1. The Morgan fingerprint density at radius 1 is 1.12 bits per heavy atom. The highest BCUT2D eigenvalue weighted by atomic mass is 15.1. The van der Waals surface area contributed by atoms with Gasteiger partial charge in [-0.25, -0.2) is 0 Å². The quantitative estimate of drug-likeness (QED) is 0.725. The highest BCUT2D eigenvalue weighted by Crippen LogP contribution is 2.14. The second-order valence-electron chi connectivity index (χ2n) is 6.22. The summed E-state index contributed by atoms with van der Waals surface area (Å²) in [6.07, 6.45) is 6.75. The van der Waals surface area contributed by atoms with Gasteiger partial charge in [0.2, 0.25) is 0 Å². The largest absolute Gasteiger partial charge is 0.309 e. The summed E-state index contributed by atoms with van der Waals surface area (Å²) in [5, 5.41) is 3.72. The first kappa shape index (κ1) is 14.0. The van der Waals surface area contributed by atoms with E-state index in [4.69, 9.17) is 0 Å². The van der Waals surface area contributed by atoms with E-state index in [1.807, 2.05) is 0 Å². The Balaban J connectivity index is 2.13. The maximum Gasteiger partial charge on any atom is 0.00991 e. The predicted molar refractivity (Wildman–Crippen MR) is 71.9 cm³/mol. The van der Waals surface area contributed by atoms with Gasteiger partial charge < -0.3 is 10.2 Å². The third-order valence-electron chi connectivity index (χ3n) is 3.30. The van der Waals surface area contributed by atoms with Gasteiger partial charge in [-0.15, -0.1) is 0 Å². The number of nitrogens with zero attached hydrogens (tertiary/aromatic N) is 1. The summed E-state index contributed by atoms with van der Waals surface area (Å²) in [4.78, 5) is 2.64. The topological polar surface area (TPSA) is 15.3 Å².